The molecule has 5 aromatic rings. The first-order valence-corrected chi connectivity index (χ1v) is 16.8. The Morgan fingerprint density at radius 1 is 0.911 bits per heavy atom. The summed E-state index contributed by atoms with van der Waals surface area (Å²) in [6, 6.07) is 22.0. The van der Waals surface area contributed by atoms with Gasteiger partial charge >= 0.3 is 0 Å². The Bertz CT molecular complexity index is 1720. The number of hydrogen-bond acceptors (Lipinski definition) is 7. The molecule has 7 nitrogen and oxygen atoms in total. The number of aromatic nitrogens is 2. The van der Waals surface area contributed by atoms with Gasteiger partial charge in [-0.1, -0.05) is 6.42 Å². The molecule has 0 spiro atoms. The van der Waals surface area contributed by atoms with Gasteiger partial charge in [0, 0.05) is 45.0 Å². The number of imidazole rings is 1. The summed E-state index contributed by atoms with van der Waals surface area (Å²) >= 11 is 1.61. The van der Waals surface area contributed by atoms with Crippen LogP contribution in [0.15, 0.2) is 85.5 Å². The van der Waals surface area contributed by atoms with E-state index >= 15 is 0 Å². The molecule has 2 atom stereocenters. The van der Waals surface area contributed by atoms with Crippen molar-refractivity contribution in [3.63, 3.8) is 0 Å². The van der Waals surface area contributed by atoms with Crippen LogP contribution < -0.4 is 14.2 Å². The van der Waals surface area contributed by atoms with Crippen LogP contribution in [0.25, 0.3) is 20.5 Å². The van der Waals surface area contributed by atoms with Gasteiger partial charge in [-0.3, -0.25) is 9.69 Å². The average Bonchev–Trinajstić information content (AvgIpc) is 3.87. The molecule has 0 N–H and O–H groups in total. The molecule has 2 aliphatic rings. The molecule has 1 aliphatic carbocycles. The van der Waals surface area contributed by atoms with E-state index in [9.17, 15) is 4.79 Å². The maximum absolute atomic E-state index is 14.2. The third kappa shape index (κ3) is 6.49. The average molecular weight is 622 g/mol. The summed E-state index contributed by atoms with van der Waals surface area (Å²) in [5.41, 5.74) is 2.34. The zero-order valence-electron chi connectivity index (χ0n) is 25.7. The number of benzene rings is 3. The molecule has 0 radical (unpaired) electrons. The van der Waals surface area contributed by atoms with E-state index in [1.807, 2.05) is 73.3 Å². The molecule has 0 unspecified atom stereocenters. The van der Waals surface area contributed by atoms with Gasteiger partial charge in [0.2, 0.25) is 0 Å². The highest BCUT2D eigenvalue weighted by Gasteiger charge is 2.28. The number of likely N-dealkylation sites (tertiary alicyclic amines) is 1. The topological polar surface area (TPSA) is 65.8 Å². The predicted octanol–water partition coefficient (Wildman–Crippen LogP) is 8.04. The Hall–Kier alpha value is -4.14. The standard InChI is InChI=1S/C37H39N3O4S/c1-42-30-16-17-31-34(24-30)45-37(27-10-12-28(13-11-27)43-23-22-39-19-4-5-20-39)35(31)36(41)26-8-14-29(15-9-26)44-33-7-3-2-6-32(33)40-21-18-38-25-40/h8-18,21,24-25,32-33H,2-7,19-20,22-23H2,1H3/t32-,33-/m0/s1. The number of hydrogen-bond donors (Lipinski definition) is 0. The normalized spacial score (nSPS) is 18.7. The fourth-order valence-corrected chi connectivity index (χ4v) is 7.89. The lowest BCUT2D eigenvalue weighted by Crippen LogP contribution is -2.32. The summed E-state index contributed by atoms with van der Waals surface area (Å²) in [6.45, 7) is 3.96. The van der Waals surface area contributed by atoms with Crippen LogP contribution in [0.5, 0.6) is 17.2 Å². The van der Waals surface area contributed by atoms with Gasteiger partial charge in [0.1, 0.15) is 30.0 Å². The lowest BCUT2D eigenvalue weighted by Gasteiger charge is -2.32. The maximum Gasteiger partial charge on any atom is 0.195 e. The highest BCUT2D eigenvalue weighted by Crippen LogP contribution is 2.42. The summed E-state index contributed by atoms with van der Waals surface area (Å²) in [5, 5.41) is 0.928. The number of rotatable bonds is 11. The minimum Gasteiger partial charge on any atom is -0.497 e. The van der Waals surface area contributed by atoms with E-state index in [-0.39, 0.29) is 17.9 Å². The molecule has 3 aromatic carbocycles. The number of ketones is 1. The Morgan fingerprint density at radius 2 is 1.67 bits per heavy atom. The SMILES string of the molecule is COc1ccc2c(C(=O)c3ccc(O[C@H]4CCCC[C@@H]4n4ccnc4)cc3)c(-c3ccc(OCCN4CCCC4)cc3)sc2c1. The van der Waals surface area contributed by atoms with E-state index in [2.05, 4.69) is 26.6 Å². The molecule has 0 bridgehead atoms. The van der Waals surface area contributed by atoms with Crippen LogP contribution in [0.4, 0.5) is 0 Å². The number of nitrogens with zero attached hydrogens (tertiary/aromatic N) is 3. The van der Waals surface area contributed by atoms with E-state index in [4.69, 9.17) is 14.2 Å². The van der Waals surface area contributed by atoms with Crippen LogP contribution in [0.2, 0.25) is 0 Å². The van der Waals surface area contributed by atoms with E-state index in [0.717, 1.165) is 63.6 Å². The molecule has 3 heterocycles. The maximum atomic E-state index is 14.2. The Morgan fingerprint density at radius 3 is 2.42 bits per heavy atom. The third-order valence-corrected chi connectivity index (χ3v) is 10.3. The summed E-state index contributed by atoms with van der Waals surface area (Å²) < 4.78 is 21.2. The monoisotopic (exact) mass is 621 g/mol. The van der Waals surface area contributed by atoms with Crippen LogP contribution in [-0.2, 0) is 0 Å². The second-order valence-corrected chi connectivity index (χ2v) is 13.0. The lowest BCUT2D eigenvalue weighted by atomic mass is 9.92. The van der Waals surface area contributed by atoms with Crippen molar-refractivity contribution in [3.8, 4) is 27.7 Å². The molecular formula is C37H39N3O4S. The van der Waals surface area contributed by atoms with Crippen molar-refractivity contribution in [2.75, 3.05) is 33.4 Å². The zero-order valence-corrected chi connectivity index (χ0v) is 26.5. The third-order valence-electron chi connectivity index (χ3n) is 9.10. The fourth-order valence-electron chi connectivity index (χ4n) is 6.66. The molecule has 1 aliphatic heterocycles. The van der Waals surface area contributed by atoms with Crippen molar-refractivity contribution >= 4 is 27.2 Å². The summed E-state index contributed by atoms with van der Waals surface area (Å²) in [4.78, 5) is 21.8. The summed E-state index contributed by atoms with van der Waals surface area (Å²) in [6.07, 6.45) is 12.8. The summed E-state index contributed by atoms with van der Waals surface area (Å²) in [7, 11) is 1.67. The van der Waals surface area contributed by atoms with Crippen molar-refractivity contribution in [1.82, 2.24) is 14.5 Å². The zero-order chi connectivity index (χ0) is 30.6. The van der Waals surface area contributed by atoms with Gasteiger partial charge < -0.3 is 18.8 Å². The van der Waals surface area contributed by atoms with Crippen LogP contribution in [0.1, 0.15) is 60.5 Å². The molecule has 1 saturated carbocycles. The Kier molecular flexibility index (Phi) is 8.85. The highest BCUT2D eigenvalue weighted by atomic mass is 32.1. The smallest absolute Gasteiger partial charge is 0.195 e. The number of fused-ring (bicyclic) bond motifs is 1. The molecule has 2 aromatic heterocycles. The molecule has 45 heavy (non-hydrogen) atoms. The minimum absolute atomic E-state index is 0.00661. The van der Waals surface area contributed by atoms with Gasteiger partial charge in [-0.15, -0.1) is 11.3 Å². The van der Waals surface area contributed by atoms with Gasteiger partial charge in [0.05, 0.1) is 19.5 Å². The van der Waals surface area contributed by atoms with Gasteiger partial charge in [-0.2, -0.15) is 0 Å². The van der Waals surface area contributed by atoms with Gasteiger partial charge in [0.25, 0.3) is 0 Å². The molecular weight excluding hydrogens is 582 g/mol. The number of carbonyl (C=O) groups excluding carboxylic acids is 1. The van der Waals surface area contributed by atoms with Crippen LogP contribution in [0.3, 0.4) is 0 Å². The van der Waals surface area contributed by atoms with Crippen molar-refractivity contribution in [2.24, 2.45) is 0 Å². The van der Waals surface area contributed by atoms with E-state index in [1.54, 1.807) is 18.4 Å². The number of carbonyl (C=O) groups is 1. The Labute approximate surface area is 268 Å². The van der Waals surface area contributed by atoms with Crippen LogP contribution in [0, 0.1) is 0 Å². The second-order valence-electron chi connectivity index (χ2n) is 12.0. The van der Waals surface area contributed by atoms with Crippen molar-refractivity contribution < 1.29 is 19.0 Å². The second kappa shape index (κ2) is 13.5. The Balaban J connectivity index is 1.12. The van der Waals surface area contributed by atoms with Crippen molar-refractivity contribution in [2.45, 2.75) is 50.7 Å². The quantitative estimate of drug-likeness (QED) is 0.139. The van der Waals surface area contributed by atoms with Crippen molar-refractivity contribution in [1.29, 1.82) is 0 Å². The van der Waals surface area contributed by atoms with Crippen LogP contribution >= 0.6 is 11.3 Å². The first-order chi connectivity index (χ1) is 22.2. The van der Waals surface area contributed by atoms with Crippen LogP contribution in [-0.4, -0.2) is 59.7 Å². The molecule has 232 valence electrons. The molecule has 0 amide bonds. The minimum atomic E-state index is -0.00661. The molecule has 7 rings (SSSR count). The number of thiophene rings is 1. The highest BCUT2D eigenvalue weighted by molar-refractivity contribution is 7.22. The van der Waals surface area contributed by atoms with Gasteiger partial charge in [-0.25, -0.2) is 4.98 Å². The van der Waals surface area contributed by atoms with E-state index < -0.39 is 0 Å². The first-order valence-electron chi connectivity index (χ1n) is 16.0. The van der Waals surface area contributed by atoms with E-state index in [0.29, 0.717) is 17.7 Å². The number of ether oxygens (including phenoxy) is 3. The largest absolute Gasteiger partial charge is 0.497 e. The number of methoxy groups -OCH3 is 1. The van der Waals surface area contributed by atoms with Crippen molar-refractivity contribution in [3.05, 3.63) is 96.6 Å². The lowest BCUT2D eigenvalue weighted by molar-refractivity contribution is 0.0976. The molecule has 2 fully saturated rings. The molecule has 8 heteroatoms. The molecule has 1 saturated heterocycles. The van der Waals surface area contributed by atoms with Gasteiger partial charge in [0.15, 0.2) is 5.78 Å². The van der Waals surface area contributed by atoms with E-state index in [1.165, 1.54) is 32.4 Å². The summed E-state index contributed by atoms with van der Waals surface area (Å²) in [5.74, 6) is 2.39. The fraction of sp³-hybridized carbons (Fsp3) is 0.351. The first kappa shape index (κ1) is 29.6. The predicted molar refractivity (Wildman–Crippen MR) is 179 cm³/mol. The van der Waals surface area contributed by atoms with Gasteiger partial charge in [-0.05, 0) is 117 Å².